The summed E-state index contributed by atoms with van der Waals surface area (Å²) in [5.41, 5.74) is 0. The molecule has 2 fully saturated rings. The third-order valence-electron chi connectivity index (χ3n) is 4.75. The monoisotopic (exact) mass is 362 g/mol. The van der Waals surface area contributed by atoms with Gasteiger partial charge in [-0.25, -0.2) is 0 Å². The Morgan fingerprint density at radius 3 is 2.83 bits per heavy atom. The summed E-state index contributed by atoms with van der Waals surface area (Å²) in [7, 11) is -0.330. The second-order valence-electron chi connectivity index (χ2n) is 6.58. The molecule has 2 rings (SSSR count). The number of rotatable bonds is 8. The van der Waals surface area contributed by atoms with Crippen LogP contribution in [0, 0.1) is 5.92 Å². The number of likely N-dealkylation sites (N-methyl/N-ethyl adjacent to an activating group) is 1. The van der Waals surface area contributed by atoms with Crippen LogP contribution in [0.3, 0.4) is 0 Å². The van der Waals surface area contributed by atoms with Crippen LogP contribution < -0.4 is 10.6 Å². The van der Waals surface area contributed by atoms with Gasteiger partial charge in [0.2, 0.25) is 5.91 Å². The first-order valence-electron chi connectivity index (χ1n) is 8.66. The average molecular weight is 362 g/mol. The number of ether oxygens (including phenoxy) is 1. The molecule has 2 N–H and O–H groups in total. The van der Waals surface area contributed by atoms with E-state index in [9.17, 15) is 13.2 Å². The van der Waals surface area contributed by atoms with Gasteiger partial charge in [0.25, 0.3) is 10.2 Å². The van der Waals surface area contributed by atoms with Crippen molar-refractivity contribution in [1.82, 2.24) is 19.2 Å². The molecule has 2 unspecified atom stereocenters. The highest BCUT2D eigenvalue weighted by Gasteiger charge is 2.32. The fourth-order valence-electron chi connectivity index (χ4n) is 3.21. The van der Waals surface area contributed by atoms with Crippen LogP contribution >= 0.6 is 0 Å². The summed E-state index contributed by atoms with van der Waals surface area (Å²) in [5, 5.41) is 6.15. The molecule has 24 heavy (non-hydrogen) atoms. The minimum atomic E-state index is -3.46. The van der Waals surface area contributed by atoms with Gasteiger partial charge in [-0.2, -0.15) is 17.0 Å². The number of carbonyl (C=O) groups excluding carboxylic acids is 1. The molecule has 2 aliphatic rings. The average Bonchev–Trinajstić information content (AvgIpc) is 3.12. The molecule has 9 heteroatoms. The lowest BCUT2D eigenvalue weighted by Crippen LogP contribution is -2.50. The van der Waals surface area contributed by atoms with Gasteiger partial charge >= 0.3 is 0 Å². The topological polar surface area (TPSA) is 91.0 Å². The Bertz CT molecular complexity index is 508. The SMILES string of the molecule is COCCN(C)S(=O)(=O)N1CCCC(CNC(=O)C2CCCN2)C1. The Kier molecular flexibility index (Phi) is 7.42. The van der Waals surface area contributed by atoms with Gasteiger partial charge in [0.1, 0.15) is 0 Å². The van der Waals surface area contributed by atoms with Gasteiger partial charge in [0.05, 0.1) is 12.6 Å². The van der Waals surface area contributed by atoms with E-state index in [0.29, 0.717) is 32.8 Å². The number of methoxy groups -OCH3 is 1. The van der Waals surface area contributed by atoms with Crippen molar-refractivity contribution >= 4 is 16.1 Å². The molecule has 2 atom stereocenters. The summed E-state index contributed by atoms with van der Waals surface area (Å²) in [5.74, 6) is 0.194. The molecule has 0 aliphatic carbocycles. The Hall–Kier alpha value is -0.740. The van der Waals surface area contributed by atoms with E-state index in [1.807, 2.05) is 0 Å². The molecular weight excluding hydrogens is 332 g/mol. The maximum Gasteiger partial charge on any atom is 0.281 e. The van der Waals surface area contributed by atoms with Crippen LogP contribution in [0.15, 0.2) is 0 Å². The number of piperidine rings is 1. The number of hydrogen-bond donors (Lipinski definition) is 2. The van der Waals surface area contributed by atoms with E-state index < -0.39 is 10.2 Å². The zero-order valence-electron chi connectivity index (χ0n) is 14.7. The zero-order chi connectivity index (χ0) is 17.6. The van der Waals surface area contributed by atoms with E-state index in [1.54, 1.807) is 14.2 Å². The van der Waals surface area contributed by atoms with Crippen molar-refractivity contribution in [2.24, 2.45) is 5.92 Å². The summed E-state index contributed by atoms with van der Waals surface area (Å²) in [6.45, 7) is 3.13. The minimum absolute atomic E-state index is 0.0321. The van der Waals surface area contributed by atoms with Crippen molar-refractivity contribution in [2.75, 3.05) is 53.5 Å². The van der Waals surface area contributed by atoms with Crippen molar-refractivity contribution in [3.05, 3.63) is 0 Å². The quantitative estimate of drug-likeness (QED) is 0.601. The fourth-order valence-corrected chi connectivity index (χ4v) is 4.67. The summed E-state index contributed by atoms with van der Waals surface area (Å²) in [6.07, 6.45) is 3.66. The van der Waals surface area contributed by atoms with Crippen LogP contribution in [0.5, 0.6) is 0 Å². The van der Waals surface area contributed by atoms with Crippen molar-refractivity contribution in [3.63, 3.8) is 0 Å². The van der Waals surface area contributed by atoms with E-state index >= 15 is 0 Å². The van der Waals surface area contributed by atoms with Crippen molar-refractivity contribution < 1.29 is 17.9 Å². The van der Waals surface area contributed by atoms with E-state index in [2.05, 4.69) is 10.6 Å². The van der Waals surface area contributed by atoms with Crippen LogP contribution in [0.2, 0.25) is 0 Å². The summed E-state index contributed by atoms with van der Waals surface area (Å²) in [6, 6.07) is -0.0893. The largest absolute Gasteiger partial charge is 0.383 e. The number of amides is 1. The predicted molar refractivity (Wildman–Crippen MR) is 91.8 cm³/mol. The van der Waals surface area contributed by atoms with Crippen LogP contribution in [0.4, 0.5) is 0 Å². The summed E-state index contributed by atoms with van der Waals surface area (Å²) < 4.78 is 33.0. The highest BCUT2D eigenvalue weighted by atomic mass is 32.2. The number of hydrogen-bond acceptors (Lipinski definition) is 5. The number of carbonyl (C=O) groups is 1. The van der Waals surface area contributed by atoms with Gasteiger partial charge in [0, 0.05) is 40.3 Å². The van der Waals surface area contributed by atoms with Gasteiger partial charge in [0.15, 0.2) is 0 Å². The smallest absolute Gasteiger partial charge is 0.281 e. The first-order valence-corrected chi connectivity index (χ1v) is 10.1. The molecule has 0 aromatic carbocycles. The van der Waals surface area contributed by atoms with Gasteiger partial charge in [-0.1, -0.05) is 0 Å². The highest BCUT2D eigenvalue weighted by Crippen LogP contribution is 2.20. The van der Waals surface area contributed by atoms with Gasteiger partial charge in [-0.15, -0.1) is 0 Å². The van der Waals surface area contributed by atoms with E-state index in [-0.39, 0.29) is 17.9 Å². The predicted octanol–water partition coefficient (Wildman–Crippen LogP) is -0.610. The third kappa shape index (κ3) is 5.13. The Labute approximate surface area is 145 Å². The van der Waals surface area contributed by atoms with Crippen molar-refractivity contribution in [2.45, 2.75) is 31.7 Å². The molecular formula is C15H30N4O4S. The molecule has 2 heterocycles. The maximum absolute atomic E-state index is 12.6. The standard InChI is InChI=1S/C15H30N4O4S/c1-18(9-10-23-2)24(21,22)19-8-4-5-13(12-19)11-17-15(20)14-6-3-7-16-14/h13-14,16H,3-12H2,1-2H3,(H,17,20). The van der Waals surface area contributed by atoms with Crippen molar-refractivity contribution in [3.8, 4) is 0 Å². The number of nitrogens with zero attached hydrogens (tertiary/aromatic N) is 2. The van der Waals surface area contributed by atoms with Gasteiger partial charge < -0.3 is 15.4 Å². The van der Waals surface area contributed by atoms with Crippen LogP contribution in [-0.2, 0) is 19.7 Å². The molecule has 0 aromatic heterocycles. The Morgan fingerprint density at radius 1 is 1.38 bits per heavy atom. The fraction of sp³-hybridized carbons (Fsp3) is 0.933. The van der Waals surface area contributed by atoms with E-state index in [4.69, 9.17) is 4.74 Å². The molecule has 0 radical (unpaired) electrons. The zero-order valence-corrected chi connectivity index (χ0v) is 15.5. The molecule has 0 aromatic rings. The third-order valence-corrected chi connectivity index (χ3v) is 6.71. The number of nitrogens with one attached hydrogen (secondary N) is 2. The van der Waals surface area contributed by atoms with Gasteiger partial charge in [-0.3, -0.25) is 4.79 Å². The van der Waals surface area contributed by atoms with E-state index in [0.717, 1.165) is 32.2 Å². The first kappa shape index (κ1) is 19.6. The van der Waals surface area contributed by atoms with Crippen LogP contribution in [0.25, 0.3) is 0 Å². The second kappa shape index (κ2) is 9.10. The molecule has 0 bridgehead atoms. The Morgan fingerprint density at radius 2 is 2.17 bits per heavy atom. The lowest BCUT2D eigenvalue weighted by atomic mass is 9.99. The molecule has 0 spiro atoms. The van der Waals surface area contributed by atoms with Gasteiger partial charge in [-0.05, 0) is 38.1 Å². The van der Waals surface area contributed by atoms with E-state index in [1.165, 1.54) is 8.61 Å². The molecule has 2 aliphatic heterocycles. The minimum Gasteiger partial charge on any atom is -0.383 e. The van der Waals surface area contributed by atoms with Crippen LogP contribution in [-0.4, -0.2) is 82.5 Å². The first-order chi connectivity index (χ1) is 11.4. The lowest BCUT2D eigenvalue weighted by molar-refractivity contribution is -0.123. The molecule has 8 nitrogen and oxygen atoms in total. The maximum atomic E-state index is 12.6. The highest BCUT2D eigenvalue weighted by molar-refractivity contribution is 7.86. The molecule has 140 valence electrons. The second-order valence-corrected chi connectivity index (χ2v) is 8.62. The molecule has 1 amide bonds. The summed E-state index contributed by atoms with van der Waals surface area (Å²) >= 11 is 0. The summed E-state index contributed by atoms with van der Waals surface area (Å²) in [4.78, 5) is 12.1. The van der Waals surface area contributed by atoms with Crippen LogP contribution in [0.1, 0.15) is 25.7 Å². The normalized spacial score (nSPS) is 26.0. The Balaban J connectivity index is 1.83. The molecule has 2 saturated heterocycles. The lowest BCUT2D eigenvalue weighted by Gasteiger charge is -2.34. The van der Waals surface area contributed by atoms with Crippen molar-refractivity contribution in [1.29, 1.82) is 0 Å². The molecule has 0 saturated carbocycles.